The molecule has 0 heterocycles. The monoisotopic (exact) mass is 334 g/mol. The molecule has 1 rings (SSSR count). The number of rotatable bonds is 6. The maximum Gasteiger partial charge on any atom is 0.254 e. The Kier molecular flexibility index (Phi) is 6.15. The third-order valence-electron chi connectivity index (χ3n) is 2.98. The number of nitrogens with two attached hydrogens (primary N) is 1. The van der Waals surface area contributed by atoms with Crippen LogP contribution in [0.1, 0.15) is 22.8 Å². The van der Waals surface area contributed by atoms with Gasteiger partial charge in [0.15, 0.2) is 0 Å². The maximum absolute atomic E-state index is 12.4. The lowest BCUT2D eigenvalue weighted by Crippen LogP contribution is -2.31. The van der Waals surface area contributed by atoms with Crippen molar-refractivity contribution in [2.24, 2.45) is 5.14 Å². The van der Waals surface area contributed by atoms with E-state index in [1.807, 2.05) is 6.92 Å². The molecule has 0 aliphatic heterocycles. The molecule has 0 spiro atoms. The Morgan fingerprint density at radius 3 is 2.57 bits per heavy atom. The van der Waals surface area contributed by atoms with Gasteiger partial charge in [0.2, 0.25) is 10.0 Å². The van der Waals surface area contributed by atoms with E-state index in [0.717, 1.165) is 0 Å². The van der Waals surface area contributed by atoms with Crippen LogP contribution in [0.5, 0.6) is 0 Å². The number of likely N-dealkylation sites (N-methyl/N-ethyl adjacent to an activating group) is 1. The molecule has 0 aromatic heterocycles. The Morgan fingerprint density at radius 2 is 2.05 bits per heavy atom. The molecule has 0 radical (unpaired) electrons. The van der Waals surface area contributed by atoms with E-state index in [4.69, 9.17) is 21.5 Å². The van der Waals surface area contributed by atoms with Crippen LogP contribution in [-0.4, -0.2) is 46.0 Å². The lowest BCUT2D eigenvalue weighted by molar-refractivity contribution is 0.0709. The number of primary sulfonamides is 1. The van der Waals surface area contributed by atoms with Crippen molar-refractivity contribution in [3.8, 4) is 0 Å². The summed E-state index contributed by atoms with van der Waals surface area (Å²) in [5.74, 6) is -0.334. The van der Waals surface area contributed by atoms with Gasteiger partial charge in [-0.3, -0.25) is 4.79 Å². The molecule has 118 valence electrons. The molecule has 0 bridgehead atoms. The normalized spacial score (nSPS) is 11.5. The second kappa shape index (κ2) is 7.22. The van der Waals surface area contributed by atoms with Gasteiger partial charge >= 0.3 is 0 Å². The van der Waals surface area contributed by atoms with Crippen LogP contribution in [0.3, 0.4) is 0 Å². The molecule has 1 amide bonds. The van der Waals surface area contributed by atoms with Gasteiger partial charge in [0.05, 0.1) is 11.5 Å². The molecule has 8 heteroatoms. The summed E-state index contributed by atoms with van der Waals surface area (Å²) in [6, 6.07) is 2.67. The van der Waals surface area contributed by atoms with Gasteiger partial charge < -0.3 is 9.64 Å². The fourth-order valence-electron chi connectivity index (χ4n) is 1.82. The van der Waals surface area contributed by atoms with Gasteiger partial charge in [0, 0.05) is 30.8 Å². The smallest absolute Gasteiger partial charge is 0.254 e. The van der Waals surface area contributed by atoms with Crippen molar-refractivity contribution >= 4 is 27.5 Å². The maximum atomic E-state index is 12.4. The second-order valence-corrected chi connectivity index (χ2v) is 6.51. The Hall–Kier alpha value is -1.15. The van der Waals surface area contributed by atoms with E-state index in [1.165, 1.54) is 24.0 Å². The predicted octanol–water partition coefficient (Wildman–Crippen LogP) is 1.40. The second-order valence-electron chi connectivity index (χ2n) is 4.55. The number of hydrogen-bond donors (Lipinski definition) is 1. The summed E-state index contributed by atoms with van der Waals surface area (Å²) in [4.78, 5) is 13.7. The number of ether oxygens (including phenoxy) is 1. The van der Waals surface area contributed by atoms with Crippen LogP contribution in [0.2, 0.25) is 5.02 Å². The van der Waals surface area contributed by atoms with Gasteiger partial charge in [-0.25, -0.2) is 13.6 Å². The first-order chi connectivity index (χ1) is 9.68. The highest BCUT2D eigenvalue weighted by Gasteiger charge is 2.21. The molecule has 1 aromatic rings. The van der Waals surface area contributed by atoms with Crippen molar-refractivity contribution in [2.45, 2.75) is 18.7 Å². The topological polar surface area (TPSA) is 89.7 Å². The quantitative estimate of drug-likeness (QED) is 0.796. The minimum atomic E-state index is -3.94. The summed E-state index contributed by atoms with van der Waals surface area (Å²) in [5.41, 5.74) is 0.501. The molecule has 1 aromatic carbocycles. The molecule has 0 aliphatic rings. The largest absolute Gasteiger partial charge is 0.380 e. The standard InChI is InChI=1S/C13H19ClN2O4S/c1-4-20-6-5-16(3)13(17)11-7-10(14)8-12(9(11)2)21(15,18)19/h7-8H,4-6H2,1-3H3,(H2,15,18,19). The van der Waals surface area contributed by atoms with Gasteiger partial charge in [0.25, 0.3) is 5.91 Å². The van der Waals surface area contributed by atoms with Crippen LogP contribution in [0.25, 0.3) is 0 Å². The molecule has 0 unspecified atom stereocenters. The zero-order chi connectivity index (χ0) is 16.2. The first kappa shape index (κ1) is 17.9. The fourth-order valence-corrected chi connectivity index (χ4v) is 2.94. The average molecular weight is 335 g/mol. The first-order valence-corrected chi connectivity index (χ1v) is 8.27. The van der Waals surface area contributed by atoms with Crippen molar-refractivity contribution in [3.63, 3.8) is 0 Å². The average Bonchev–Trinajstić information content (AvgIpc) is 2.39. The number of sulfonamides is 1. The van der Waals surface area contributed by atoms with Crippen LogP contribution >= 0.6 is 11.6 Å². The molecule has 0 aliphatic carbocycles. The van der Waals surface area contributed by atoms with E-state index in [2.05, 4.69) is 0 Å². The minimum absolute atomic E-state index is 0.142. The summed E-state index contributed by atoms with van der Waals surface area (Å²) < 4.78 is 28.3. The zero-order valence-corrected chi connectivity index (χ0v) is 13.8. The molecule has 0 saturated heterocycles. The van der Waals surface area contributed by atoms with Crippen LogP contribution in [-0.2, 0) is 14.8 Å². The van der Waals surface area contributed by atoms with Crippen LogP contribution in [0.4, 0.5) is 0 Å². The molecular weight excluding hydrogens is 316 g/mol. The van der Waals surface area contributed by atoms with Crippen molar-refractivity contribution in [1.29, 1.82) is 0 Å². The van der Waals surface area contributed by atoms with Gasteiger partial charge in [0.1, 0.15) is 0 Å². The first-order valence-electron chi connectivity index (χ1n) is 6.34. The highest BCUT2D eigenvalue weighted by atomic mass is 35.5. The van der Waals surface area contributed by atoms with Gasteiger partial charge in [-0.15, -0.1) is 0 Å². The van der Waals surface area contributed by atoms with Crippen molar-refractivity contribution in [1.82, 2.24) is 4.90 Å². The van der Waals surface area contributed by atoms with Crippen LogP contribution in [0, 0.1) is 6.92 Å². The number of nitrogens with zero attached hydrogens (tertiary/aromatic N) is 1. The molecule has 0 saturated carbocycles. The lowest BCUT2D eigenvalue weighted by Gasteiger charge is -2.19. The molecule has 0 fully saturated rings. The van der Waals surface area contributed by atoms with E-state index < -0.39 is 10.0 Å². The van der Waals surface area contributed by atoms with Crippen LogP contribution < -0.4 is 5.14 Å². The summed E-state index contributed by atoms with van der Waals surface area (Å²) in [6.45, 7) is 4.75. The van der Waals surface area contributed by atoms with Crippen LogP contribution in [0.15, 0.2) is 17.0 Å². The van der Waals surface area contributed by atoms with Gasteiger partial charge in [-0.2, -0.15) is 0 Å². The Labute approximate surface area is 129 Å². The third kappa shape index (κ3) is 4.67. The highest BCUT2D eigenvalue weighted by Crippen LogP contribution is 2.24. The van der Waals surface area contributed by atoms with E-state index >= 15 is 0 Å². The summed E-state index contributed by atoms with van der Waals surface area (Å²) in [7, 11) is -2.33. The lowest BCUT2D eigenvalue weighted by atomic mass is 10.1. The van der Waals surface area contributed by atoms with E-state index in [-0.39, 0.29) is 27.0 Å². The van der Waals surface area contributed by atoms with Gasteiger partial charge in [-0.05, 0) is 31.5 Å². The van der Waals surface area contributed by atoms with Gasteiger partial charge in [-0.1, -0.05) is 11.6 Å². The predicted molar refractivity (Wildman–Crippen MR) is 81.0 cm³/mol. The molecule has 6 nitrogen and oxygen atoms in total. The molecule has 21 heavy (non-hydrogen) atoms. The molecule has 0 atom stereocenters. The summed E-state index contributed by atoms with van der Waals surface area (Å²) in [6.07, 6.45) is 0. The van der Waals surface area contributed by atoms with Crippen molar-refractivity contribution in [3.05, 3.63) is 28.3 Å². The number of amides is 1. The number of halogens is 1. The number of benzene rings is 1. The third-order valence-corrected chi connectivity index (χ3v) is 4.24. The van der Waals surface area contributed by atoms with Crippen molar-refractivity contribution < 1.29 is 17.9 Å². The fraction of sp³-hybridized carbons (Fsp3) is 0.462. The zero-order valence-electron chi connectivity index (χ0n) is 12.2. The van der Waals surface area contributed by atoms with Crippen molar-refractivity contribution in [2.75, 3.05) is 26.8 Å². The molecular formula is C13H19ClN2O4S. The SMILES string of the molecule is CCOCCN(C)C(=O)c1cc(Cl)cc(S(N)(=O)=O)c1C. The summed E-state index contributed by atoms with van der Waals surface area (Å²) in [5, 5.41) is 5.28. The number of carbonyl (C=O) groups is 1. The van der Waals surface area contributed by atoms with E-state index in [0.29, 0.717) is 19.8 Å². The molecule has 2 N–H and O–H groups in total. The highest BCUT2D eigenvalue weighted by molar-refractivity contribution is 7.89. The van der Waals surface area contributed by atoms with E-state index in [9.17, 15) is 13.2 Å². The Bertz CT molecular complexity index is 631. The summed E-state index contributed by atoms with van der Waals surface area (Å²) >= 11 is 5.89. The Morgan fingerprint density at radius 1 is 1.43 bits per heavy atom. The Balaban J connectivity index is 3.13. The van der Waals surface area contributed by atoms with E-state index in [1.54, 1.807) is 7.05 Å². The number of hydrogen-bond acceptors (Lipinski definition) is 4. The minimum Gasteiger partial charge on any atom is -0.380 e. The number of carbonyl (C=O) groups excluding carboxylic acids is 1.